The molecule has 0 radical (unpaired) electrons. The number of nitrogens with zero attached hydrogens (tertiary/aromatic N) is 1. The second kappa shape index (κ2) is 4.71. The van der Waals surface area contributed by atoms with Crippen LogP contribution < -0.4 is 5.48 Å². The summed E-state index contributed by atoms with van der Waals surface area (Å²) in [6.07, 6.45) is 1.74. The van der Waals surface area contributed by atoms with Crippen LogP contribution in [0.1, 0.15) is 40.0 Å². The number of halogens is 1. The van der Waals surface area contributed by atoms with E-state index in [1.165, 1.54) is 12.1 Å². The van der Waals surface area contributed by atoms with E-state index in [0.29, 0.717) is 13.0 Å². The first-order valence-corrected chi connectivity index (χ1v) is 6.24. The van der Waals surface area contributed by atoms with Crippen molar-refractivity contribution in [3.05, 3.63) is 35.1 Å². The lowest BCUT2D eigenvalue weighted by Crippen LogP contribution is -2.43. The van der Waals surface area contributed by atoms with E-state index in [0.717, 1.165) is 23.8 Å². The highest BCUT2D eigenvalue weighted by molar-refractivity contribution is 6.21. The molecule has 1 saturated heterocycles. The van der Waals surface area contributed by atoms with Crippen LogP contribution in [0.15, 0.2) is 18.2 Å². The van der Waals surface area contributed by atoms with E-state index in [-0.39, 0.29) is 11.1 Å². The standard InChI is InChI=1S/C13H13FN2O3/c14-8-4-5-9-10(7-8)13(18)16(12(9)17)11-3-1-2-6-15-19-11/h4-5,7,11,15H,1-3,6H2. The van der Waals surface area contributed by atoms with Crippen molar-refractivity contribution >= 4 is 11.8 Å². The van der Waals surface area contributed by atoms with E-state index in [9.17, 15) is 14.0 Å². The molecule has 100 valence electrons. The Balaban J connectivity index is 1.93. The third-order valence-corrected chi connectivity index (χ3v) is 3.37. The quantitative estimate of drug-likeness (QED) is 0.780. The molecule has 0 saturated carbocycles. The molecule has 1 N–H and O–H groups in total. The summed E-state index contributed by atoms with van der Waals surface area (Å²) in [6, 6.07) is 3.62. The van der Waals surface area contributed by atoms with Gasteiger partial charge in [0.25, 0.3) is 11.8 Å². The van der Waals surface area contributed by atoms with Crippen LogP contribution in [-0.2, 0) is 4.84 Å². The number of carbonyl (C=O) groups excluding carboxylic acids is 2. The topological polar surface area (TPSA) is 58.6 Å². The summed E-state index contributed by atoms with van der Waals surface area (Å²) < 4.78 is 13.2. The van der Waals surface area contributed by atoms with Gasteiger partial charge in [0.05, 0.1) is 11.1 Å². The summed E-state index contributed by atoms with van der Waals surface area (Å²) in [4.78, 5) is 30.8. The zero-order valence-corrected chi connectivity index (χ0v) is 10.2. The second-order valence-corrected chi connectivity index (χ2v) is 4.63. The fourth-order valence-corrected chi connectivity index (χ4v) is 2.41. The third-order valence-electron chi connectivity index (χ3n) is 3.37. The molecular weight excluding hydrogens is 251 g/mol. The van der Waals surface area contributed by atoms with Crippen molar-refractivity contribution < 1.29 is 18.8 Å². The van der Waals surface area contributed by atoms with E-state index in [2.05, 4.69) is 5.48 Å². The molecule has 1 aromatic rings. The van der Waals surface area contributed by atoms with Gasteiger partial charge < -0.3 is 0 Å². The number of carbonyl (C=O) groups is 2. The minimum Gasteiger partial charge on any atom is -0.276 e. The van der Waals surface area contributed by atoms with Crippen LogP contribution in [0, 0.1) is 5.82 Å². The average molecular weight is 264 g/mol. The normalized spacial score (nSPS) is 23.4. The monoisotopic (exact) mass is 264 g/mol. The molecule has 19 heavy (non-hydrogen) atoms. The first-order chi connectivity index (χ1) is 9.18. The lowest BCUT2D eigenvalue weighted by molar-refractivity contribution is -0.0774. The molecule has 0 bridgehead atoms. The summed E-state index contributed by atoms with van der Waals surface area (Å²) >= 11 is 0. The summed E-state index contributed by atoms with van der Waals surface area (Å²) in [5, 5.41) is 0. The van der Waals surface area contributed by atoms with Gasteiger partial charge in [0, 0.05) is 6.54 Å². The Kier molecular flexibility index (Phi) is 3.04. The Morgan fingerprint density at radius 3 is 2.84 bits per heavy atom. The molecule has 2 aliphatic heterocycles. The molecule has 1 atom stereocenters. The van der Waals surface area contributed by atoms with Crippen LogP contribution in [0.25, 0.3) is 0 Å². The molecule has 2 heterocycles. The number of hydrogen-bond acceptors (Lipinski definition) is 4. The maximum atomic E-state index is 13.2. The maximum Gasteiger partial charge on any atom is 0.263 e. The van der Waals surface area contributed by atoms with E-state index in [4.69, 9.17) is 4.84 Å². The van der Waals surface area contributed by atoms with Crippen LogP contribution in [-0.4, -0.2) is 29.5 Å². The summed E-state index contributed by atoms with van der Waals surface area (Å²) in [5.41, 5.74) is 3.08. The number of amides is 2. The lowest BCUT2D eigenvalue weighted by Gasteiger charge is -2.23. The van der Waals surface area contributed by atoms with Gasteiger partial charge in [-0.05, 0) is 37.5 Å². The molecule has 0 spiro atoms. The van der Waals surface area contributed by atoms with Crippen molar-refractivity contribution in [1.29, 1.82) is 0 Å². The van der Waals surface area contributed by atoms with Gasteiger partial charge in [-0.2, -0.15) is 0 Å². The van der Waals surface area contributed by atoms with Gasteiger partial charge in [-0.3, -0.25) is 14.4 Å². The Bertz CT molecular complexity index is 539. The Hall–Kier alpha value is -1.79. The Morgan fingerprint density at radius 2 is 2.00 bits per heavy atom. The minimum absolute atomic E-state index is 0.109. The number of nitrogens with one attached hydrogen (secondary N) is 1. The van der Waals surface area contributed by atoms with Gasteiger partial charge in [-0.15, -0.1) is 0 Å². The van der Waals surface area contributed by atoms with E-state index in [1.807, 2.05) is 0 Å². The summed E-state index contributed by atoms with van der Waals surface area (Å²) in [5.74, 6) is -1.44. The molecule has 3 rings (SSSR count). The van der Waals surface area contributed by atoms with Gasteiger partial charge in [0.15, 0.2) is 6.23 Å². The summed E-state index contributed by atoms with van der Waals surface area (Å²) in [6.45, 7) is 0.689. The van der Waals surface area contributed by atoms with Gasteiger partial charge in [-0.1, -0.05) is 0 Å². The second-order valence-electron chi connectivity index (χ2n) is 4.63. The highest BCUT2D eigenvalue weighted by Gasteiger charge is 2.41. The van der Waals surface area contributed by atoms with E-state index in [1.54, 1.807) is 0 Å². The molecule has 6 heteroatoms. The predicted molar refractivity (Wildman–Crippen MR) is 63.6 cm³/mol. The fourth-order valence-electron chi connectivity index (χ4n) is 2.41. The number of fused-ring (bicyclic) bond motifs is 1. The number of imide groups is 1. The first-order valence-electron chi connectivity index (χ1n) is 6.24. The van der Waals surface area contributed by atoms with Crippen LogP contribution in [0.4, 0.5) is 4.39 Å². The molecular formula is C13H13FN2O3. The molecule has 2 aliphatic rings. The molecule has 1 aromatic carbocycles. The highest BCUT2D eigenvalue weighted by Crippen LogP contribution is 2.27. The highest BCUT2D eigenvalue weighted by atomic mass is 19.1. The molecule has 1 unspecified atom stereocenters. The first kappa shape index (κ1) is 12.3. The van der Waals surface area contributed by atoms with Crippen LogP contribution >= 0.6 is 0 Å². The molecule has 1 fully saturated rings. The number of hydrogen-bond donors (Lipinski definition) is 1. The smallest absolute Gasteiger partial charge is 0.263 e. The number of benzene rings is 1. The van der Waals surface area contributed by atoms with Crippen molar-refractivity contribution in [1.82, 2.24) is 10.4 Å². The largest absolute Gasteiger partial charge is 0.276 e. The van der Waals surface area contributed by atoms with Crippen molar-refractivity contribution in [2.24, 2.45) is 0 Å². The molecule has 0 aromatic heterocycles. The van der Waals surface area contributed by atoms with Gasteiger partial charge in [0.1, 0.15) is 5.82 Å². The molecule has 0 aliphatic carbocycles. The third kappa shape index (κ3) is 2.02. The minimum atomic E-state index is -0.627. The van der Waals surface area contributed by atoms with Crippen molar-refractivity contribution in [2.45, 2.75) is 25.5 Å². The fraction of sp³-hybridized carbons (Fsp3) is 0.385. The Labute approximate surface area is 109 Å². The van der Waals surface area contributed by atoms with Crippen LogP contribution in [0.5, 0.6) is 0 Å². The van der Waals surface area contributed by atoms with Gasteiger partial charge in [0.2, 0.25) is 0 Å². The van der Waals surface area contributed by atoms with Crippen molar-refractivity contribution in [2.75, 3.05) is 6.54 Å². The van der Waals surface area contributed by atoms with Crippen molar-refractivity contribution in [3.63, 3.8) is 0 Å². The zero-order chi connectivity index (χ0) is 13.4. The van der Waals surface area contributed by atoms with Crippen molar-refractivity contribution in [3.8, 4) is 0 Å². The average Bonchev–Trinajstić information content (AvgIpc) is 2.62. The number of hydroxylamine groups is 1. The molecule has 2 amide bonds. The van der Waals surface area contributed by atoms with E-state index < -0.39 is 23.9 Å². The predicted octanol–water partition coefficient (Wildman–Crippen LogP) is 1.45. The number of rotatable bonds is 1. The Morgan fingerprint density at radius 1 is 1.21 bits per heavy atom. The van der Waals surface area contributed by atoms with E-state index >= 15 is 0 Å². The van der Waals surface area contributed by atoms with Crippen LogP contribution in [0.2, 0.25) is 0 Å². The van der Waals surface area contributed by atoms with Crippen LogP contribution in [0.3, 0.4) is 0 Å². The summed E-state index contributed by atoms with van der Waals surface area (Å²) in [7, 11) is 0. The van der Waals surface area contributed by atoms with Gasteiger partial charge in [-0.25, -0.2) is 14.8 Å². The zero-order valence-electron chi connectivity index (χ0n) is 10.2. The SMILES string of the molecule is O=C1c2ccc(F)cc2C(=O)N1C1CCCCNO1. The lowest BCUT2D eigenvalue weighted by atomic mass is 10.1. The molecule has 5 nitrogen and oxygen atoms in total. The maximum absolute atomic E-state index is 13.2. The van der Waals surface area contributed by atoms with Gasteiger partial charge >= 0.3 is 0 Å².